The van der Waals surface area contributed by atoms with E-state index in [-0.39, 0.29) is 5.91 Å². The van der Waals surface area contributed by atoms with Gasteiger partial charge in [-0.05, 0) is 6.07 Å². The van der Waals surface area contributed by atoms with Crippen LogP contribution in [0, 0.1) is 0 Å². The van der Waals surface area contributed by atoms with Crippen molar-refractivity contribution in [1.82, 2.24) is 9.88 Å². The summed E-state index contributed by atoms with van der Waals surface area (Å²) in [4.78, 5) is 17.7. The maximum atomic E-state index is 11.2. The molecule has 1 aromatic rings. The Hall–Kier alpha value is -1.66. The number of carbonyl (C=O) groups is 1. The van der Waals surface area contributed by atoms with Crippen molar-refractivity contribution in [2.24, 2.45) is 0 Å². The average Bonchev–Trinajstić information content (AvgIpc) is 2.50. The number of hydrogen-bond donors (Lipinski definition) is 1. The van der Waals surface area contributed by atoms with Gasteiger partial charge in [0.2, 0.25) is 11.8 Å². The van der Waals surface area contributed by atoms with Gasteiger partial charge in [-0.2, -0.15) is 0 Å². The van der Waals surface area contributed by atoms with E-state index < -0.39 is 0 Å². The number of morpholine rings is 1. The smallest absolute Gasteiger partial charge is 0.224 e. The van der Waals surface area contributed by atoms with Crippen molar-refractivity contribution in [2.45, 2.75) is 13.3 Å². The number of pyridine rings is 1. The van der Waals surface area contributed by atoms with E-state index in [1.807, 2.05) is 6.92 Å². The number of nitrogens with zero attached hydrogens (tertiary/aromatic N) is 2. The Labute approximate surface area is 119 Å². The first-order chi connectivity index (χ1) is 9.78. The van der Waals surface area contributed by atoms with Crippen LogP contribution in [-0.4, -0.2) is 55.2 Å². The Balaban J connectivity index is 1.71. The molecule has 110 valence electrons. The molecular weight excluding hydrogens is 258 g/mol. The molecule has 6 heteroatoms. The van der Waals surface area contributed by atoms with E-state index in [0.29, 0.717) is 24.6 Å². The zero-order valence-electron chi connectivity index (χ0n) is 11.8. The fourth-order valence-electron chi connectivity index (χ4n) is 1.89. The van der Waals surface area contributed by atoms with Gasteiger partial charge < -0.3 is 14.8 Å². The van der Waals surface area contributed by atoms with E-state index in [1.165, 1.54) is 0 Å². The van der Waals surface area contributed by atoms with Crippen LogP contribution in [0.5, 0.6) is 5.88 Å². The topological polar surface area (TPSA) is 63.7 Å². The third kappa shape index (κ3) is 4.79. The van der Waals surface area contributed by atoms with Crippen LogP contribution in [0.2, 0.25) is 0 Å². The molecule has 2 rings (SSSR count). The van der Waals surface area contributed by atoms with Crippen LogP contribution in [0.1, 0.15) is 13.3 Å². The highest BCUT2D eigenvalue weighted by atomic mass is 16.5. The van der Waals surface area contributed by atoms with Crippen LogP contribution in [0.4, 0.5) is 5.69 Å². The van der Waals surface area contributed by atoms with Gasteiger partial charge in [-0.25, -0.2) is 4.98 Å². The molecule has 1 amide bonds. The lowest BCUT2D eigenvalue weighted by Crippen LogP contribution is -2.38. The first kappa shape index (κ1) is 14.7. The predicted molar refractivity (Wildman–Crippen MR) is 75.9 cm³/mol. The number of amides is 1. The van der Waals surface area contributed by atoms with Crippen LogP contribution in [0.25, 0.3) is 0 Å². The molecule has 0 saturated carbocycles. The van der Waals surface area contributed by atoms with Crippen molar-refractivity contribution in [3.05, 3.63) is 18.3 Å². The number of aromatic nitrogens is 1. The highest BCUT2D eigenvalue weighted by Gasteiger charge is 2.09. The summed E-state index contributed by atoms with van der Waals surface area (Å²) in [6.07, 6.45) is 2.06. The van der Waals surface area contributed by atoms with Gasteiger partial charge in [0.25, 0.3) is 0 Å². The first-order valence-corrected chi connectivity index (χ1v) is 6.96. The van der Waals surface area contributed by atoms with Gasteiger partial charge >= 0.3 is 0 Å². The maximum absolute atomic E-state index is 11.2. The second-order valence-electron chi connectivity index (χ2n) is 4.59. The molecule has 1 N–H and O–H groups in total. The summed E-state index contributed by atoms with van der Waals surface area (Å²) in [6, 6.07) is 3.56. The number of hydrogen-bond acceptors (Lipinski definition) is 5. The van der Waals surface area contributed by atoms with E-state index in [4.69, 9.17) is 9.47 Å². The molecular formula is C14H21N3O3. The highest BCUT2D eigenvalue weighted by Crippen LogP contribution is 2.11. The van der Waals surface area contributed by atoms with Gasteiger partial charge in [0, 0.05) is 32.1 Å². The van der Waals surface area contributed by atoms with Crippen molar-refractivity contribution in [3.8, 4) is 5.88 Å². The Morgan fingerprint density at radius 2 is 2.25 bits per heavy atom. The molecule has 1 aromatic heterocycles. The Kier molecular flexibility index (Phi) is 5.76. The van der Waals surface area contributed by atoms with Crippen LogP contribution in [-0.2, 0) is 9.53 Å². The Morgan fingerprint density at radius 3 is 2.90 bits per heavy atom. The van der Waals surface area contributed by atoms with Gasteiger partial charge in [-0.1, -0.05) is 6.92 Å². The molecule has 1 fully saturated rings. The molecule has 0 spiro atoms. The van der Waals surface area contributed by atoms with Crippen molar-refractivity contribution in [3.63, 3.8) is 0 Å². The van der Waals surface area contributed by atoms with E-state index in [1.54, 1.807) is 18.3 Å². The van der Waals surface area contributed by atoms with Gasteiger partial charge in [0.15, 0.2) is 0 Å². The van der Waals surface area contributed by atoms with Gasteiger partial charge in [0.05, 0.1) is 25.1 Å². The summed E-state index contributed by atoms with van der Waals surface area (Å²) in [5.74, 6) is 0.556. The largest absolute Gasteiger partial charge is 0.476 e. The minimum atomic E-state index is -0.0206. The lowest BCUT2D eigenvalue weighted by molar-refractivity contribution is -0.115. The molecule has 0 radical (unpaired) electrons. The highest BCUT2D eigenvalue weighted by molar-refractivity contribution is 5.90. The molecule has 0 atom stereocenters. The Morgan fingerprint density at radius 1 is 1.45 bits per heavy atom. The lowest BCUT2D eigenvalue weighted by atomic mass is 10.4. The third-order valence-electron chi connectivity index (χ3n) is 3.10. The third-order valence-corrected chi connectivity index (χ3v) is 3.10. The van der Waals surface area contributed by atoms with E-state index in [0.717, 1.165) is 32.8 Å². The van der Waals surface area contributed by atoms with Crippen molar-refractivity contribution in [1.29, 1.82) is 0 Å². The van der Waals surface area contributed by atoms with Crippen LogP contribution < -0.4 is 10.1 Å². The van der Waals surface area contributed by atoms with Crippen LogP contribution in [0.3, 0.4) is 0 Å². The summed E-state index contributed by atoms with van der Waals surface area (Å²) < 4.78 is 10.9. The summed E-state index contributed by atoms with van der Waals surface area (Å²) >= 11 is 0. The maximum Gasteiger partial charge on any atom is 0.224 e. The summed E-state index contributed by atoms with van der Waals surface area (Å²) in [5.41, 5.74) is 0.692. The standard InChI is InChI=1S/C14H21N3O3/c1-2-13(18)16-12-3-4-14(15-11-12)20-10-7-17-5-8-19-9-6-17/h3-4,11H,2,5-10H2,1H3,(H,16,18). The monoisotopic (exact) mass is 279 g/mol. The summed E-state index contributed by atoms with van der Waals surface area (Å²) in [5, 5.41) is 2.75. The number of ether oxygens (including phenoxy) is 2. The molecule has 6 nitrogen and oxygen atoms in total. The van der Waals surface area contributed by atoms with Crippen LogP contribution >= 0.6 is 0 Å². The zero-order chi connectivity index (χ0) is 14.2. The van der Waals surface area contributed by atoms with Crippen molar-refractivity contribution in [2.75, 3.05) is 44.8 Å². The molecule has 0 unspecified atom stereocenters. The zero-order valence-corrected chi connectivity index (χ0v) is 11.8. The molecule has 0 aliphatic carbocycles. The molecule has 0 aromatic carbocycles. The minimum absolute atomic E-state index is 0.0206. The minimum Gasteiger partial charge on any atom is -0.476 e. The summed E-state index contributed by atoms with van der Waals surface area (Å²) in [7, 11) is 0. The SMILES string of the molecule is CCC(=O)Nc1ccc(OCCN2CCOCC2)nc1. The predicted octanol–water partition coefficient (Wildman–Crippen LogP) is 1.14. The second kappa shape index (κ2) is 7.81. The Bertz CT molecular complexity index is 416. The molecule has 1 saturated heterocycles. The lowest BCUT2D eigenvalue weighted by Gasteiger charge is -2.26. The molecule has 1 aliphatic rings. The number of carbonyl (C=O) groups excluding carboxylic acids is 1. The fraction of sp³-hybridized carbons (Fsp3) is 0.571. The van der Waals surface area contributed by atoms with Gasteiger partial charge in [-0.3, -0.25) is 9.69 Å². The van der Waals surface area contributed by atoms with E-state index >= 15 is 0 Å². The van der Waals surface area contributed by atoms with Gasteiger partial charge in [0.1, 0.15) is 6.61 Å². The summed E-state index contributed by atoms with van der Waals surface area (Å²) in [6.45, 7) is 6.80. The molecule has 0 bridgehead atoms. The second-order valence-corrected chi connectivity index (χ2v) is 4.59. The molecule has 20 heavy (non-hydrogen) atoms. The van der Waals surface area contributed by atoms with Gasteiger partial charge in [-0.15, -0.1) is 0 Å². The number of anilines is 1. The number of nitrogens with one attached hydrogen (secondary N) is 1. The molecule has 1 aliphatic heterocycles. The molecule has 2 heterocycles. The van der Waals surface area contributed by atoms with Crippen LogP contribution in [0.15, 0.2) is 18.3 Å². The quantitative estimate of drug-likeness (QED) is 0.846. The van der Waals surface area contributed by atoms with E-state index in [9.17, 15) is 4.79 Å². The normalized spacial score (nSPS) is 15.8. The van der Waals surface area contributed by atoms with E-state index in [2.05, 4.69) is 15.2 Å². The number of rotatable bonds is 6. The fourth-order valence-corrected chi connectivity index (χ4v) is 1.89. The van der Waals surface area contributed by atoms with Crippen molar-refractivity contribution < 1.29 is 14.3 Å². The average molecular weight is 279 g/mol. The van der Waals surface area contributed by atoms with Crippen molar-refractivity contribution >= 4 is 11.6 Å². The first-order valence-electron chi connectivity index (χ1n) is 6.96.